The number of nitrogens with one attached hydrogen (secondary N) is 1. The van der Waals surface area contributed by atoms with Gasteiger partial charge in [-0.2, -0.15) is 5.10 Å². The second-order valence-corrected chi connectivity index (χ2v) is 5.94. The fourth-order valence-corrected chi connectivity index (χ4v) is 3.01. The van der Waals surface area contributed by atoms with Crippen molar-refractivity contribution in [2.75, 3.05) is 31.0 Å². The number of nitrogens with zero attached hydrogens (tertiary/aromatic N) is 3. The summed E-state index contributed by atoms with van der Waals surface area (Å²) in [7, 11) is 4.93. The number of ether oxygens (including phenoxy) is 2. The SMILES string of the molecule is COc1cc(NC2CCN(c3cnn(C)c3)C2=O)c(OC)cc1Cl. The van der Waals surface area contributed by atoms with E-state index in [1.807, 2.05) is 13.2 Å². The lowest BCUT2D eigenvalue weighted by molar-refractivity contribution is -0.117. The van der Waals surface area contributed by atoms with Gasteiger partial charge in [0.1, 0.15) is 17.5 Å². The third kappa shape index (κ3) is 2.99. The number of hydrogen-bond acceptors (Lipinski definition) is 5. The Balaban J connectivity index is 1.81. The molecule has 1 aromatic heterocycles. The van der Waals surface area contributed by atoms with Crippen LogP contribution >= 0.6 is 11.6 Å². The number of anilines is 2. The van der Waals surface area contributed by atoms with E-state index in [4.69, 9.17) is 21.1 Å². The van der Waals surface area contributed by atoms with E-state index in [1.165, 1.54) is 0 Å². The van der Waals surface area contributed by atoms with Gasteiger partial charge in [0.05, 0.1) is 36.8 Å². The molecule has 2 heterocycles. The average Bonchev–Trinajstić information content (AvgIpc) is 3.15. The number of carbonyl (C=O) groups excluding carboxylic acids is 1. The van der Waals surface area contributed by atoms with Crippen LogP contribution in [0.2, 0.25) is 5.02 Å². The van der Waals surface area contributed by atoms with Crippen LogP contribution in [0.15, 0.2) is 24.5 Å². The lowest BCUT2D eigenvalue weighted by Gasteiger charge is -2.18. The molecule has 24 heavy (non-hydrogen) atoms. The van der Waals surface area contributed by atoms with Crippen LogP contribution in [-0.4, -0.2) is 42.5 Å². The van der Waals surface area contributed by atoms with Crippen molar-refractivity contribution in [1.82, 2.24) is 9.78 Å². The number of halogens is 1. The molecule has 1 aliphatic rings. The molecule has 1 aliphatic heterocycles. The van der Waals surface area contributed by atoms with Crippen LogP contribution in [-0.2, 0) is 11.8 Å². The van der Waals surface area contributed by atoms with Crippen LogP contribution < -0.4 is 19.7 Å². The number of benzene rings is 1. The third-order valence-electron chi connectivity index (χ3n) is 4.01. The first kappa shape index (κ1) is 16.4. The van der Waals surface area contributed by atoms with Gasteiger partial charge in [0, 0.05) is 31.9 Å². The van der Waals surface area contributed by atoms with Gasteiger partial charge in [-0.05, 0) is 6.42 Å². The molecule has 1 unspecified atom stereocenters. The summed E-state index contributed by atoms with van der Waals surface area (Å²) in [6, 6.07) is 3.06. The molecule has 128 valence electrons. The molecule has 0 aliphatic carbocycles. The fourth-order valence-electron chi connectivity index (χ4n) is 2.78. The number of aromatic nitrogens is 2. The summed E-state index contributed by atoms with van der Waals surface area (Å²) in [5.41, 5.74) is 1.47. The van der Waals surface area contributed by atoms with Crippen molar-refractivity contribution >= 4 is 28.9 Å². The van der Waals surface area contributed by atoms with Crippen molar-refractivity contribution in [2.24, 2.45) is 7.05 Å². The highest BCUT2D eigenvalue weighted by molar-refractivity contribution is 6.32. The molecule has 1 fully saturated rings. The second kappa shape index (κ2) is 6.60. The van der Waals surface area contributed by atoms with Crippen LogP contribution in [0, 0.1) is 0 Å². The predicted octanol–water partition coefficient (Wildman–Crippen LogP) is 2.31. The van der Waals surface area contributed by atoms with E-state index in [0.29, 0.717) is 35.2 Å². The molecule has 8 heteroatoms. The van der Waals surface area contributed by atoms with E-state index in [1.54, 1.807) is 42.1 Å². The maximum Gasteiger partial charge on any atom is 0.249 e. The zero-order valence-corrected chi connectivity index (χ0v) is 14.5. The molecule has 1 N–H and O–H groups in total. The van der Waals surface area contributed by atoms with E-state index in [-0.39, 0.29) is 11.9 Å². The molecule has 0 bridgehead atoms. The van der Waals surface area contributed by atoms with Crippen molar-refractivity contribution in [1.29, 1.82) is 0 Å². The molecule has 1 atom stereocenters. The van der Waals surface area contributed by atoms with Crippen molar-refractivity contribution in [3.8, 4) is 11.5 Å². The Hall–Kier alpha value is -2.41. The highest BCUT2D eigenvalue weighted by Gasteiger charge is 2.33. The molecule has 1 amide bonds. The molecule has 0 saturated carbocycles. The van der Waals surface area contributed by atoms with Gasteiger partial charge in [-0.15, -0.1) is 0 Å². The minimum absolute atomic E-state index is 0.000954. The minimum Gasteiger partial charge on any atom is -0.495 e. The van der Waals surface area contributed by atoms with Gasteiger partial charge < -0.3 is 19.7 Å². The number of amides is 1. The van der Waals surface area contributed by atoms with E-state index in [2.05, 4.69) is 10.4 Å². The summed E-state index contributed by atoms with van der Waals surface area (Å²) in [5.74, 6) is 1.09. The Kier molecular flexibility index (Phi) is 4.53. The highest BCUT2D eigenvalue weighted by atomic mass is 35.5. The molecule has 3 rings (SSSR count). The fraction of sp³-hybridized carbons (Fsp3) is 0.375. The molecule has 7 nitrogen and oxygen atoms in total. The quantitative estimate of drug-likeness (QED) is 0.896. The molecular formula is C16H19ClN4O3. The summed E-state index contributed by atoms with van der Waals surface area (Å²) in [6.45, 7) is 0.634. The maximum absolute atomic E-state index is 12.7. The van der Waals surface area contributed by atoms with Gasteiger partial charge in [0.15, 0.2) is 0 Å². The first-order chi connectivity index (χ1) is 11.5. The van der Waals surface area contributed by atoms with Crippen molar-refractivity contribution in [3.63, 3.8) is 0 Å². The van der Waals surface area contributed by atoms with Crippen LogP contribution in [0.3, 0.4) is 0 Å². The summed E-state index contributed by atoms with van der Waals surface area (Å²) in [5, 5.41) is 7.81. The molecule has 0 spiro atoms. The van der Waals surface area contributed by atoms with Gasteiger partial charge in [0.25, 0.3) is 0 Å². The van der Waals surface area contributed by atoms with E-state index in [9.17, 15) is 4.79 Å². The van der Waals surface area contributed by atoms with Crippen molar-refractivity contribution in [2.45, 2.75) is 12.5 Å². The Bertz CT molecular complexity index is 762. The summed E-state index contributed by atoms with van der Waals surface area (Å²) >= 11 is 6.11. The molecular weight excluding hydrogens is 332 g/mol. The molecule has 1 aromatic carbocycles. The summed E-state index contributed by atoms with van der Waals surface area (Å²) in [4.78, 5) is 14.4. The number of methoxy groups -OCH3 is 2. The van der Waals surface area contributed by atoms with Gasteiger partial charge in [0.2, 0.25) is 5.91 Å². The standard InChI is InChI=1S/C16H19ClN4O3/c1-20-9-10(8-18-20)21-5-4-12(16(21)22)19-13-7-14(23-2)11(17)6-15(13)24-3/h6-9,12,19H,4-5H2,1-3H3. The van der Waals surface area contributed by atoms with E-state index >= 15 is 0 Å². The number of aryl methyl sites for hydroxylation is 1. The van der Waals surface area contributed by atoms with Crippen molar-refractivity contribution in [3.05, 3.63) is 29.5 Å². The van der Waals surface area contributed by atoms with Crippen molar-refractivity contribution < 1.29 is 14.3 Å². The number of hydrogen-bond donors (Lipinski definition) is 1. The van der Waals surface area contributed by atoms with Crippen LogP contribution in [0.25, 0.3) is 0 Å². The Morgan fingerprint density at radius 3 is 2.67 bits per heavy atom. The highest BCUT2D eigenvalue weighted by Crippen LogP contribution is 2.37. The average molecular weight is 351 g/mol. The minimum atomic E-state index is -0.343. The first-order valence-corrected chi connectivity index (χ1v) is 7.89. The Morgan fingerprint density at radius 1 is 1.29 bits per heavy atom. The lowest BCUT2D eigenvalue weighted by Crippen LogP contribution is -2.33. The van der Waals surface area contributed by atoms with Crippen LogP contribution in [0.5, 0.6) is 11.5 Å². The zero-order valence-electron chi connectivity index (χ0n) is 13.7. The number of rotatable bonds is 5. The predicted molar refractivity (Wildman–Crippen MR) is 92.1 cm³/mol. The molecule has 2 aromatic rings. The van der Waals surface area contributed by atoms with Gasteiger partial charge >= 0.3 is 0 Å². The summed E-state index contributed by atoms with van der Waals surface area (Å²) in [6.07, 6.45) is 4.19. The van der Waals surface area contributed by atoms with Crippen LogP contribution in [0.4, 0.5) is 11.4 Å². The zero-order chi connectivity index (χ0) is 17.3. The van der Waals surface area contributed by atoms with Gasteiger partial charge in [-0.3, -0.25) is 9.48 Å². The first-order valence-electron chi connectivity index (χ1n) is 7.51. The van der Waals surface area contributed by atoms with E-state index in [0.717, 1.165) is 5.69 Å². The van der Waals surface area contributed by atoms with Gasteiger partial charge in [-0.25, -0.2) is 0 Å². The monoisotopic (exact) mass is 350 g/mol. The molecule has 1 saturated heterocycles. The lowest BCUT2D eigenvalue weighted by atomic mass is 10.2. The maximum atomic E-state index is 12.7. The van der Waals surface area contributed by atoms with E-state index < -0.39 is 0 Å². The third-order valence-corrected chi connectivity index (χ3v) is 4.31. The number of carbonyl (C=O) groups is 1. The second-order valence-electron chi connectivity index (χ2n) is 5.53. The normalized spacial score (nSPS) is 17.2. The smallest absolute Gasteiger partial charge is 0.249 e. The van der Waals surface area contributed by atoms with Crippen LogP contribution in [0.1, 0.15) is 6.42 Å². The summed E-state index contributed by atoms with van der Waals surface area (Å²) < 4.78 is 12.3. The topological polar surface area (TPSA) is 68.6 Å². The van der Waals surface area contributed by atoms with Gasteiger partial charge in [-0.1, -0.05) is 11.6 Å². The molecule has 0 radical (unpaired) electrons. The Labute approximate surface area is 145 Å². The Morgan fingerprint density at radius 2 is 2.04 bits per heavy atom. The largest absolute Gasteiger partial charge is 0.495 e.